The van der Waals surface area contributed by atoms with E-state index in [0.717, 1.165) is 19.4 Å². The van der Waals surface area contributed by atoms with Gasteiger partial charge in [-0.3, -0.25) is 0 Å². The van der Waals surface area contributed by atoms with Gasteiger partial charge in [0, 0.05) is 18.0 Å². The maximum absolute atomic E-state index is 5.39. The van der Waals surface area contributed by atoms with Gasteiger partial charge in [0.15, 0.2) is 0 Å². The molecule has 0 aromatic carbocycles. The van der Waals surface area contributed by atoms with Crippen molar-refractivity contribution in [1.82, 2.24) is 25.4 Å². The molecule has 7 heteroatoms. The summed E-state index contributed by atoms with van der Waals surface area (Å²) in [5, 5.41) is 7.42. The Kier molecular flexibility index (Phi) is 3.60. The Morgan fingerprint density at radius 2 is 2.30 bits per heavy atom. The highest BCUT2D eigenvalue weighted by atomic mass is 16.5. The molecule has 0 amide bonds. The van der Waals surface area contributed by atoms with Gasteiger partial charge in [-0.15, -0.1) is 0 Å². The first-order chi connectivity index (χ1) is 9.76. The Morgan fingerprint density at radius 3 is 3.10 bits per heavy atom. The number of nitrogens with one attached hydrogen (secondary N) is 1. The van der Waals surface area contributed by atoms with Crippen molar-refractivity contribution < 1.29 is 9.26 Å². The Bertz CT molecular complexity index is 586. The van der Waals surface area contributed by atoms with E-state index in [1.165, 1.54) is 6.33 Å². The first-order valence-corrected chi connectivity index (χ1v) is 6.69. The largest absolute Gasteiger partial charge is 0.481 e. The maximum atomic E-state index is 5.39. The van der Waals surface area contributed by atoms with E-state index in [2.05, 4.69) is 32.3 Å². The first kappa shape index (κ1) is 13.0. The number of hydrogen-bond acceptors (Lipinski definition) is 7. The summed E-state index contributed by atoms with van der Waals surface area (Å²) in [5.74, 6) is 1.96. The lowest BCUT2D eigenvalue weighted by atomic mass is 9.93. The normalized spacial score (nSPS) is 22.7. The molecule has 2 atom stereocenters. The van der Waals surface area contributed by atoms with Gasteiger partial charge in [-0.1, -0.05) is 5.16 Å². The van der Waals surface area contributed by atoms with Crippen molar-refractivity contribution in [3.05, 3.63) is 18.3 Å². The van der Waals surface area contributed by atoms with Crippen LogP contribution in [0.25, 0.3) is 11.5 Å². The van der Waals surface area contributed by atoms with Crippen LogP contribution in [0.5, 0.6) is 5.88 Å². The average molecular weight is 275 g/mol. The zero-order chi connectivity index (χ0) is 13.9. The Morgan fingerprint density at radius 1 is 1.40 bits per heavy atom. The number of nitrogens with zero attached hydrogens (tertiary/aromatic N) is 4. The van der Waals surface area contributed by atoms with Gasteiger partial charge in [0.2, 0.25) is 17.6 Å². The van der Waals surface area contributed by atoms with E-state index in [0.29, 0.717) is 35.2 Å². The minimum atomic E-state index is 0.316. The SMILES string of the molecule is COc1cc(-c2noc(C3CCNC(C)C3)n2)ncn1. The second-order valence-corrected chi connectivity index (χ2v) is 4.98. The topological polar surface area (TPSA) is 86.0 Å². The predicted molar refractivity (Wildman–Crippen MR) is 71.3 cm³/mol. The number of rotatable bonds is 3. The standard InChI is InChI=1S/C13H17N5O2/c1-8-5-9(3-4-14-8)13-17-12(18-20-13)10-6-11(19-2)16-7-15-10/h6-9,14H,3-5H2,1-2H3. The molecule has 0 saturated carbocycles. The number of methoxy groups -OCH3 is 1. The average Bonchev–Trinajstić information content (AvgIpc) is 2.97. The highest BCUT2D eigenvalue weighted by Gasteiger charge is 2.25. The van der Waals surface area contributed by atoms with Gasteiger partial charge >= 0.3 is 0 Å². The van der Waals surface area contributed by atoms with Gasteiger partial charge in [0.05, 0.1) is 7.11 Å². The first-order valence-electron chi connectivity index (χ1n) is 6.69. The van der Waals surface area contributed by atoms with Gasteiger partial charge < -0.3 is 14.6 Å². The Balaban J connectivity index is 1.82. The number of aromatic nitrogens is 4. The van der Waals surface area contributed by atoms with Crippen LogP contribution >= 0.6 is 0 Å². The van der Waals surface area contributed by atoms with E-state index in [1.807, 2.05) is 0 Å². The number of piperidine rings is 1. The smallest absolute Gasteiger partial charge is 0.230 e. The Hall–Kier alpha value is -2.02. The minimum Gasteiger partial charge on any atom is -0.481 e. The van der Waals surface area contributed by atoms with Crippen LogP contribution in [0, 0.1) is 0 Å². The summed E-state index contributed by atoms with van der Waals surface area (Å²) in [6, 6.07) is 2.17. The van der Waals surface area contributed by atoms with E-state index in [-0.39, 0.29) is 0 Å². The molecule has 0 bridgehead atoms. The molecule has 106 valence electrons. The van der Waals surface area contributed by atoms with Crippen LogP contribution < -0.4 is 10.1 Å². The fourth-order valence-electron chi connectivity index (χ4n) is 2.43. The third-order valence-electron chi connectivity index (χ3n) is 3.49. The highest BCUT2D eigenvalue weighted by Crippen LogP contribution is 2.28. The molecular weight excluding hydrogens is 258 g/mol. The summed E-state index contributed by atoms with van der Waals surface area (Å²) in [7, 11) is 1.56. The molecule has 0 aliphatic carbocycles. The molecule has 2 unspecified atom stereocenters. The summed E-state index contributed by atoms with van der Waals surface area (Å²) in [4.78, 5) is 12.6. The van der Waals surface area contributed by atoms with E-state index >= 15 is 0 Å². The molecule has 7 nitrogen and oxygen atoms in total. The van der Waals surface area contributed by atoms with E-state index in [9.17, 15) is 0 Å². The van der Waals surface area contributed by atoms with Crippen LogP contribution in [0.2, 0.25) is 0 Å². The summed E-state index contributed by atoms with van der Waals surface area (Å²) in [5.41, 5.74) is 0.605. The molecule has 1 aliphatic rings. The molecule has 3 heterocycles. The molecule has 3 rings (SSSR count). The third-order valence-corrected chi connectivity index (χ3v) is 3.49. The minimum absolute atomic E-state index is 0.316. The lowest BCUT2D eigenvalue weighted by Gasteiger charge is -2.25. The molecule has 0 radical (unpaired) electrons. The predicted octanol–water partition coefficient (Wildman–Crippen LogP) is 1.39. The van der Waals surface area contributed by atoms with Crippen molar-refractivity contribution in [2.24, 2.45) is 0 Å². The summed E-state index contributed by atoms with van der Waals surface area (Å²) >= 11 is 0. The van der Waals surface area contributed by atoms with Gasteiger partial charge in [-0.25, -0.2) is 9.97 Å². The fraction of sp³-hybridized carbons (Fsp3) is 0.538. The molecule has 1 N–H and O–H groups in total. The van der Waals surface area contributed by atoms with Gasteiger partial charge in [-0.2, -0.15) is 4.98 Å². The van der Waals surface area contributed by atoms with Crippen molar-refractivity contribution in [3.63, 3.8) is 0 Å². The van der Waals surface area contributed by atoms with Crippen molar-refractivity contribution >= 4 is 0 Å². The highest BCUT2D eigenvalue weighted by molar-refractivity contribution is 5.49. The fourth-order valence-corrected chi connectivity index (χ4v) is 2.43. The van der Waals surface area contributed by atoms with Crippen molar-refractivity contribution in [1.29, 1.82) is 0 Å². The zero-order valence-electron chi connectivity index (χ0n) is 11.5. The summed E-state index contributed by atoms with van der Waals surface area (Å²) < 4.78 is 10.5. The molecule has 2 aromatic rings. The van der Waals surface area contributed by atoms with E-state index < -0.39 is 0 Å². The van der Waals surface area contributed by atoms with Crippen molar-refractivity contribution in [2.75, 3.05) is 13.7 Å². The summed E-state index contributed by atoms with van der Waals surface area (Å²) in [6.45, 7) is 3.14. The monoisotopic (exact) mass is 275 g/mol. The second-order valence-electron chi connectivity index (χ2n) is 4.98. The van der Waals surface area contributed by atoms with E-state index in [4.69, 9.17) is 9.26 Å². The third kappa shape index (κ3) is 2.62. The lowest BCUT2D eigenvalue weighted by Crippen LogP contribution is -2.34. The maximum Gasteiger partial charge on any atom is 0.230 e. The van der Waals surface area contributed by atoms with Crippen LogP contribution in [0.3, 0.4) is 0 Å². The van der Waals surface area contributed by atoms with Crippen LogP contribution in [-0.2, 0) is 0 Å². The lowest BCUT2D eigenvalue weighted by molar-refractivity contribution is 0.295. The van der Waals surface area contributed by atoms with Gasteiger partial charge in [0.1, 0.15) is 12.0 Å². The molecule has 20 heavy (non-hydrogen) atoms. The molecule has 1 aliphatic heterocycles. The van der Waals surface area contributed by atoms with Gasteiger partial charge in [-0.05, 0) is 26.3 Å². The molecular formula is C13H17N5O2. The number of hydrogen-bond donors (Lipinski definition) is 1. The second kappa shape index (κ2) is 5.54. The molecule has 1 fully saturated rings. The molecule has 1 saturated heterocycles. The van der Waals surface area contributed by atoms with Crippen LogP contribution in [-0.4, -0.2) is 39.8 Å². The quantitative estimate of drug-likeness (QED) is 0.905. The van der Waals surface area contributed by atoms with Crippen molar-refractivity contribution in [2.45, 2.75) is 31.7 Å². The van der Waals surface area contributed by atoms with Crippen LogP contribution in [0.15, 0.2) is 16.9 Å². The molecule has 2 aromatic heterocycles. The van der Waals surface area contributed by atoms with Crippen LogP contribution in [0.4, 0.5) is 0 Å². The molecule has 0 spiro atoms. The van der Waals surface area contributed by atoms with Gasteiger partial charge in [0.25, 0.3) is 0 Å². The zero-order valence-corrected chi connectivity index (χ0v) is 11.5. The van der Waals surface area contributed by atoms with Crippen molar-refractivity contribution in [3.8, 4) is 17.4 Å². The Labute approximate surface area is 116 Å². The summed E-state index contributed by atoms with van der Waals surface area (Å²) in [6.07, 6.45) is 3.45. The van der Waals surface area contributed by atoms with E-state index in [1.54, 1.807) is 13.2 Å². The van der Waals surface area contributed by atoms with Crippen LogP contribution in [0.1, 0.15) is 31.6 Å². The number of ether oxygens (including phenoxy) is 1.